The van der Waals surface area contributed by atoms with Crippen LogP contribution in [0.4, 0.5) is 0 Å². The molecule has 0 amide bonds. The van der Waals surface area contributed by atoms with Gasteiger partial charge in [0.15, 0.2) is 0 Å². The maximum Gasteiger partial charge on any atom is 0.137 e. The Morgan fingerprint density at radius 3 is 1.47 bits per heavy atom. The highest BCUT2D eigenvalue weighted by molar-refractivity contribution is 9.10. The van der Waals surface area contributed by atoms with Crippen LogP contribution in [0.3, 0.4) is 0 Å². The lowest BCUT2D eigenvalue weighted by atomic mass is 10.0. The molecule has 0 fully saturated rings. The topological polar surface area (TPSA) is 111 Å². The van der Waals surface area contributed by atoms with Crippen LogP contribution in [0.25, 0.3) is 11.3 Å². The van der Waals surface area contributed by atoms with Crippen molar-refractivity contribution >= 4 is 43.2 Å². The molecule has 10 nitrogen and oxygen atoms in total. The Morgan fingerprint density at radius 2 is 1.08 bits per heavy atom. The van der Waals surface area contributed by atoms with Gasteiger partial charge >= 0.3 is 0 Å². The minimum atomic E-state index is -1.12. The van der Waals surface area contributed by atoms with Gasteiger partial charge in [0.05, 0.1) is 37.1 Å². The fourth-order valence-corrected chi connectivity index (χ4v) is 4.91. The van der Waals surface area contributed by atoms with Crippen molar-refractivity contribution in [3.8, 4) is 0 Å². The van der Waals surface area contributed by atoms with Gasteiger partial charge in [-0.25, -0.2) is 19.9 Å². The molecular weight excluding hydrogens is 592 g/mol. The van der Waals surface area contributed by atoms with Crippen LogP contribution < -0.4 is 0 Å². The van der Waals surface area contributed by atoms with Crippen molar-refractivity contribution in [2.45, 2.75) is 25.3 Å². The summed E-state index contributed by atoms with van der Waals surface area (Å²) in [4.78, 5) is 17.6. The van der Waals surface area contributed by atoms with Crippen molar-refractivity contribution in [1.29, 1.82) is 0 Å². The van der Waals surface area contributed by atoms with E-state index >= 15 is 0 Å². The Bertz CT molecular complexity index is 1560. The molecule has 6 rings (SSSR count). The SMILES string of the molecule is OC(c1ccc2nc(Cn3cnc(Br)c3)cn2c1)C(O)c1ccc2nc(Cn3cnc(Br)c3)cn2c1. The summed E-state index contributed by atoms with van der Waals surface area (Å²) in [7, 11) is 0. The van der Waals surface area contributed by atoms with E-state index in [-0.39, 0.29) is 0 Å². The predicted molar refractivity (Wildman–Crippen MR) is 138 cm³/mol. The molecule has 2 atom stereocenters. The molecule has 0 aliphatic carbocycles. The third kappa shape index (κ3) is 4.60. The van der Waals surface area contributed by atoms with E-state index in [1.165, 1.54) is 0 Å². The first kappa shape index (κ1) is 23.1. The number of pyridine rings is 2. The predicted octanol–water partition coefficient (Wildman–Crippen LogP) is 3.76. The van der Waals surface area contributed by atoms with Crippen molar-refractivity contribution in [2.75, 3.05) is 0 Å². The van der Waals surface area contributed by atoms with E-state index in [1.54, 1.807) is 37.2 Å². The number of rotatable bonds is 7. The zero-order valence-electron chi connectivity index (χ0n) is 18.7. The first-order valence-corrected chi connectivity index (χ1v) is 12.7. The Kier molecular flexibility index (Phi) is 5.96. The molecule has 36 heavy (non-hydrogen) atoms. The van der Waals surface area contributed by atoms with E-state index in [0.717, 1.165) is 31.9 Å². The Hall–Kier alpha value is -3.32. The minimum absolute atomic E-state index is 0.575. The molecule has 2 N–H and O–H groups in total. The van der Waals surface area contributed by atoms with E-state index in [0.29, 0.717) is 24.2 Å². The molecule has 0 saturated carbocycles. The van der Waals surface area contributed by atoms with Crippen LogP contribution in [0.5, 0.6) is 0 Å². The third-order valence-corrected chi connectivity index (χ3v) is 6.74. The number of imidazole rings is 4. The molecular formula is C24H20Br2N8O2. The highest BCUT2D eigenvalue weighted by Gasteiger charge is 2.22. The van der Waals surface area contributed by atoms with Gasteiger partial charge in [-0.15, -0.1) is 0 Å². The van der Waals surface area contributed by atoms with Crippen molar-refractivity contribution in [1.82, 2.24) is 37.9 Å². The summed E-state index contributed by atoms with van der Waals surface area (Å²) < 4.78 is 9.09. The summed E-state index contributed by atoms with van der Waals surface area (Å²) in [6.07, 6.45) is 12.4. The number of fused-ring (bicyclic) bond motifs is 2. The molecule has 182 valence electrons. The first-order chi connectivity index (χ1) is 17.4. The lowest BCUT2D eigenvalue weighted by Gasteiger charge is -2.19. The number of aliphatic hydroxyl groups is 2. The first-order valence-electron chi connectivity index (χ1n) is 11.1. The summed E-state index contributed by atoms with van der Waals surface area (Å²) in [6, 6.07) is 7.23. The molecule has 0 aliphatic heterocycles. The normalized spacial score (nSPS) is 13.6. The molecule has 0 aromatic carbocycles. The van der Waals surface area contributed by atoms with Gasteiger partial charge in [0, 0.05) is 48.3 Å². The highest BCUT2D eigenvalue weighted by Crippen LogP contribution is 2.29. The van der Waals surface area contributed by atoms with Gasteiger partial charge in [-0.1, -0.05) is 12.1 Å². The molecule has 12 heteroatoms. The second-order valence-corrected chi connectivity index (χ2v) is 10.2. The molecule has 6 aromatic rings. The fourth-order valence-electron chi connectivity index (χ4n) is 4.20. The number of aliphatic hydroxyl groups excluding tert-OH is 2. The summed E-state index contributed by atoms with van der Waals surface area (Å²) >= 11 is 6.70. The van der Waals surface area contributed by atoms with E-state index in [4.69, 9.17) is 0 Å². The van der Waals surface area contributed by atoms with Crippen molar-refractivity contribution < 1.29 is 10.2 Å². The van der Waals surface area contributed by atoms with E-state index in [9.17, 15) is 10.2 Å². The van der Waals surface area contributed by atoms with Gasteiger partial charge in [0.1, 0.15) is 32.7 Å². The molecule has 0 bridgehead atoms. The standard InChI is InChI=1S/C24H20Br2N8O2/c25-19-11-31(13-27-19)7-17-9-33-5-15(1-3-21(33)29-17)23(35)24(36)16-2-4-22-30-18(10-34(22)6-16)8-32-12-20(26)28-14-32/h1-6,9-14,23-24,35-36H,7-8H2. The maximum atomic E-state index is 11.0. The summed E-state index contributed by atoms with van der Waals surface area (Å²) in [5, 5.41) is 22.0. The number of nitrogens with zero attached hydrogens (tertiary/aromatic N) is 8. The summed E-state index contributed by atoms with van der Waals surface area (Å²) in [6.45, 7) is 1.15. The van der Waals surface area contributed by atoms with Crippen molar-refractivity contribution in [3.63, 3.8) is 0 Å². The lowest BCUT2D eigenvalue weighted by Crippen LogP contribution is -2.11. The Labute approximate surface area is 221 Å². The largest absolute Gasteiger partial charge is 0.385 e. The van der Waals surface area contributed by atoms with Crippen LogP contribution in [-0.4, -0.2) is 48.1 Å². The molecule has 6 heterocycles. The molecule has 0 spiro atoms. The molecule has 2 unspecified atom stereocenters. The molecule has 6 aromatic heterocycles. The zero-order valence-corrected chi connectivity index (χ0v) is 21.9. The van der Waals surface area contributed by atoms with Gasteiger partial charge in [-0.2, -0.15) is 0 Å². The number of hydrogen-bond acceptors (Lipinski definition) is 6. The summed E-state index contributed by atoms with van der Waals surface area (Å²) in [5.41, 5.74) is 4.40. The number of aromatic nitrogens is 8. The van der Waals surface area contributed by atoms with Crippen LogP contribution in [-0.2, 0) is 13.1 Å². The van der Waals surface area contributed by atoms with Crippen LogP contribution in [0.1, 0.15) is 34.7 Å². The fraction of sp³-hybridized carbons (Fsp3) is 0.167. The van der Waals surface area contributed by atoms with Gasteiger partial charge in [-0.05, 0) is 44.0 Å². The van der Waals surface area contributed by atoms with Gasteiger partial charge in [0.2, 0.25) is 0 Å². The van der Waals surface area contributed by atoms with Crippen molar-refractivity contribution in [2.24, 2.45) is 0 Å². The second-order valence-electron chi connectivity index (χ2n) is 8.55. The lowest BCUT2D eigenvalue weighted by molar-refractivity contribution is 0.0168. The van der Waals surface area contributed by atoms with Crippen LogP contribution in [0, 0.1) is 0 Å². The van der Waals surface area contributed by atoms with Gasteiger partial charge < -0.3 is 28.1 Å². The maximum absolute atomic E-state index is 11.0. The Morgan fingerprint density at radius 1 is 0.639 bits per heavy atom. The average Bonchev–Trinajstić information content (AvgIpc) is 3.64. The highest BCUT2D eigenvalue weighted by atomic mass is 79.9. The van der Waals surface area contributed by atoms with E-state index < -0.39 is 12.2 Å². The molecule has 0 aliphatic rings. The quantitative estimate of drug-likeness (QED) is 0.284. The van der Waals surface area contributed by atoms with E-state index in [1.807, 2.05) is 54.9 Å². The van der Waals surface area contributed by atoms with Gasteiger partial charge in [-0.3, -0.25) is 0 Å². The number of halogens is 2. The minimum Gasteiger partial charge on any atom is -0.385 e. The smallest absolute Gasteiger partial charge is 0.137 e. The third-order valence-electron chi connectivity index (χ3n) is 5.92. The second kappa shape index (κ2) is 9.28. The zero-order chi connectivity index (χ0) is 24.8. The monoisotopic (exact) mass is 610 g/mol. The van der Waals surface area contributed by atoms with E-state index in [2.05, 4.69) is 51.8 Å². The van der Waals surface area contributed by atoms with Crippen molar-refractivity contribution in [3.05, 3.63) is 106 Å². The number of hydrogen-bond donors (Lipinski definition) is 2. The van der Waals surface area contributed by atoms with Crippen LogP contribution >= 0.6 is 31.9 Å². The average molecular weight is 612 g/mol. The van der Waals surface area contributed by atoms with Crippen LogP contribution in [0.15, 0.2) is 83.3 Å². The Balaban J connectivity index is 1.21. The molecule has 0 radical (unpaired) electrons. The molecule has 0 saturated heterocycles. The van der Waals surface area contributed by atoms with Gasteiger partial charge in [0.25, 0.3) is 0 Å². The summed E-state index contributed by atoms with van der Waals surface area (Å²) in [5.74, 6) is 0. The van der Waals surface area contributed by atoms with Crippen LogP contribution in [0.2, 0.25) is 0 Å².